The van der Waals surface area contributed by atoms with E-state index in [1.165, 1.54) is 6.42 Å². The molecule has 1 aromatic heterocycles. The smallest absolute Gasteiger partial charge is 0.250 e. The molecule has 7 heteroatoms. The molecule has 1 aromatic carbocycles. The molecule has 0 radical (unpaired) electrons. The number of benzene rings is 1. The minimum absolute atomic E-state index is 0.204. The van der Waals surface area contributed by atoms with Crippen LogP contribution < -0.4 is 4.90 Å². The van der Waals surface area contributed by atoms with E-state index < -0.39 is 9.84 Å². The molecule has 2 heterocycles. The molecule has 2 aromatic rings. The summed E-state index contributed by atoms with van der Waals surface area (Å²) in [5.41, 5.74) is 1.88. The average molecular weight is 366 g/mol. The lowest BCUT2D eigenvalue weighted by molar-refractivity contribution is 0.565. The van der Waals surface area contributed by atoms with Gasteiger partial charge in [0.15, 0.2) is 0 Å². The number of sulfone groups is 1. The molecule has 1 aliphatic heterocycles. The Morgan fingerprint density at radius 3 is 2.38 bits per heavy atom. The number of aromatic nitrogens is 2. The zero-order valence-corrected chi connectivity index (χ0v) is 15.1. The molecule has 24 heavy (non-hydrogen) atoms. The molecule has 0 aliphatic carbocycles. The standard InChI is InChI=1S/C17H20ClN3O2S/c1-24(22,23)17-19-15(18)14(12-13-8-4-2-5-9-13)16(20-17)21-10-6-3-7-11-21/h2,4-5,8-9H,3,6-7,10-12H2,1H3. The second-order valence-electron chi connectivity index (χ2n) is 6.08. The van der Waals surface area contributed by atoms with Crippen molar-refractivity contribution < 1.29 is 8.42 Å². The molecular formula is C17H20ClN3O2S. The van der Waals surface area contributed by atoms with Gasteiger partial charge in [-0.1, -0.05) is 41.9 Å². The van der Waals surface area contributed by atoms with Crippen molar-refractivity contribution in [1.82, 2.24) is 9.97 Å². The van der Waals surface area contributed by atoms with Gasteiger partial charge in [-0.25, -0.2) is 18.4 Å². The van der Waals surface area contributed by atoms with Crippen molar-refractivity contribution in [2.75, 3.05) is 24.2 Å². The van der Waals surface area contributed by atoms with Crippen molar-refractivity contribution in [1.29, 1.82) is 0 Å². The summed E-state index contributed by atoms with van der Waals surface area (Å²) in [7, 11) is -3.51. The monoisotopic (exact) mass is 365 g/mol. The summed E-state index contributed by atoms with van der Waals surface area (Å²) in [6.07, 6.45) is 5.01. The molecular weight excluding hydrogens is 346 g/mol. The Morgan fingerprint density at radius 2 is 1.75 bits per heavy atom. The van der Waals surface area contributed by atoms with E-state index in [-0.39, 0.29) is 10.3 Å². The normalized spacial score (nSPS) is 15.5. The lowest BCUT2D eigenvalue weighted by atomic mass is 10.1. The van der Waals surface area contributed by atoms with Crippen LogP contribution in [0, 0.1) is 0 Å². The maximum absolute atomic E-state index is 11.9. The Balaban J connectivity index is 2.08. The van der Waals surface area contributed by atoms with Gasteiger partial charge in [-0.05, 0) is 24.8 Å². The zero-order chi connectivity index (χ0) is 17.2. The summed E-state index contributed by atoms with van der Waals surface area (Å²) in [5, 5.41) is 0.0136. The van der Waals surface area contributed by atoms with Crippen LogP contribution in [-0.4, -0.2) is 37.7 Å². The van der Waals surface area contributed by atoms with Crippen molar-refractivity contribution in [2.24, 2.45) is 0 Å². The molecule has 0 atom stereocenters. The van der Waals surface area contributed by atoms with E-state index in [2.05, 4.69) is 14.9 Å². The largest absolute Gasteiger partial charge is 0.356 e. The Labute approximate surface area is 147 Å². The molecule has 0 unspecified atom stereocenters. The summed E-state index contributed by atoms with van der Waals surface area (Å²) in [4.78, 5) is 10.5. The van der Waals surface area contributed by atoms with Crippen LogP contribution >= 0.6 is 11.6 Å². The Hall–Kier alpha value is -1.66. The maximum Gasteiger partial charge on any atom is 0.250 e. The first-order valence-corrected chi connectivity index (χ1v) is 10.3. The molecule has 0 amide bonds. The Bertz CT molecular complexity index is 819. The predicted octanol–water partition coefficient (Wildman–Crippen LogP) is 3.11. The van der Waals surface area contributed by atoms with E-state index in [4.69, 9.17) is 11.6 Å². The van der Waals surface area contributed by atoms with Gasteiger partial charge in [0.05, 0.1) is 0 Å². The Kier molecular flexibility index (Phi) is 5.06. The Morgan fingerprint density at radius 1 is 1.08 bits per heavy atom. The van der Waals surface area contributed by atoms with Crippen molar-refractivity contribution in [3.63, 3.8) is 0 Å². The van der Waals surface area contributed by atoms with Crippen LogP contribution in [0.3, 0.4) is 0 Å². The van der Waals surface area contributed by atoms with Gasteiger partial charge in [0.1, 0.15) is 11.0 Å². The minimum Gasteiger partial charge on any atom is -0.356 e. The van der Waals surface area contributed by atoms with Crippen molar-refractivity contribution >= 4 is 27.3 Å². The molecule has 0 spiro atoms. The fourth-order valence-corrected chi connectivity index (χ4v) is 3.70. The van der Waals surface area contributed by atoms with Crippen LogP contribution in [-0.2, 0) is 16.3 Å². The van der Waals surface area contributed by atoms with Gasteiger partial charge in [0.2, 0.25) is 15.0 Å². The number of halogens is 1. The summed E-state index contributed by atoms with van der Waals surface area (Å²) >= 11 is 6.37. The maximum atomic E-state index is 11.9. The van der Waals surface area contributed by atoms with Gasteiger partial charge in [0, 0.05) is 31.3 Å². The average Bonchev–Trinajstić information content (AvgIpc) is 2.57. The zero-order valence-electron chi connectivity index (χ0n) is 13.6. The number of piperidine rings is 1. The third-order valence-corrected chi connectivity index (χ3v) is 5.28. The molecule has 1 saturated heterocycles. The minimum atomic E-state index is -3.51. The summed E-state index contributed by atoms with van der Waals surface area (Å²) < 4.78 is 23.8. The van der Waals surface area contributed by atoms with Crippen LogP contribution in [0.25, 0.3) is 0 Å². The van der Waals surface area contributed by atoms with E-state index in [1.807, 2.05) is 30.3 Å². The van der Waals surface area contributed by atoms with Gasteiger partial charge in [-0.3, -0.25) is 0 Å². The highest BCUT2D eigenvalue weighted by Gasteiger charge is 2.23. The van der Waals surface area contributed by atoms with E-state index in [1.54, 1.807) is 0 Å². The fraction of sp³-hybridized carbons (Fsp3) is 0.412. The topological polar surface area (TPSA) is 63.2 Å². The van der Waals surface area contributed by atoms with Crippen LogP contribution in [0.4, 0.5) is 5.82 Å². The second-order valence-corrected chi connectivity index (χ2v) is 8.35. The number of rotatable bonds is 4. The molecule has 128 valence electrons. The fourth-order valence-electron chi connectivity index (χ4n) is 2.91. The van der Waals surface area contributed by atoms with Crippen LogP contribution in [0.1, 0.15) is 30.4 Å². The van der Waals surface area contributed by atoms with Crippen LogP contribution in [0.15, 0.2) is 35.5 Å². The summed E-state index contributed by atoms with van der Waals surface area (Å²) in [6, 6.07) is 9.92. The van der Waals surface area contributed by atoms with E-state index in [9.17, 15) is 8.42 Å². The van der Waals surface area contributed by atoms with Crippen molar-refractivity contribution in [3.8, 4) is 0 Å². The van der Waals surface area contributed by atoms with Gasteiger partial charge in [-0.2, -0.15) is 0 Å². The predicted molar refractivity (Wildman–Crippen MR) is 95.5 cm³/mol. The first-order valence-electron chi connectivity index (χ1n) is 8.00. The number of hydrogen-bond acceptors (Lipinski definition) is 5. The quantitative estimate of drug-likeness (QED) is 0.615. The molecule has 5 nitrogen and oxygen atoms in total. The molecule has 1 fully saturated rings. The van der Waals surface area contributed by atoms with Crippen molar-refractivity contribution in [3.05, 3.63) is 46.6 Å². The van der Waals surface area contributed by atoms with Gasteiger partial charge in [0.25, 0.3) is 0 Å². The van der Waals surface area contributed by atoms with Gasteiger partial charge < -0.3 is 4.90 Å². The van der Waals surface area contributed by atoms with E-state index >= 15 is 0 Å². The second kappa shape index (κ2) is 7.07. The first-order chi connectivity index (χ1) is 11.4. The van der Waals surface area contributed by atoms with Gasteiger partial charge >= 0.3 is 0 Å². The van der Waals surface area contributed by atoms with E-state index in [0.29, 0.717) is 12.2 Å². The third-order valence-electron chi connectivity index (χ3n) is 4.13. The third kappa shape index (κ3) is 3.87. The highest BCUT2D eigenvalue weighted by molar-refractivity contribution is 7.90. The lowest BCUT2D eigenvalue weighted by Gasteiger charge is -2.30. The summed E-state index contributed by atoms with van der Waals surface area (Å²) in [5.74, 6) is 0.652. The van der Waals surface area contributed by atoms with Crippen LogP contribution in [0.5, 0.6) is 0 Å². The molecule has 0 N–H and O–H groups in total. The first kappa shape index (κ1) is 17.2. The number of hydrogen-bond donors (Lipinski definition) is 0. The van der Waals surface area contributed by atoms with E-state index in [0.717, 1.165) is 43.3 Å². The summed E-state index contributed by atoms with van der Waals surface area (Å²) in [6.45, 7) is 1.72. The SMILES string of the molecule is CS(=O)(=O)c1nc(Cl)c(Cc2ccccc2)c(N2CCCCC2)n1. The molecule has 0 saturated carbocycles. The lowest BCUT2D eigenvalue weighted by Crippen LogP contribution is -2.32. The number of anilines is 1. The van der Waals surface area contributed by atoms with Crippen LogP contribution in [0.2, 0.25) is 5.15 Å². The highest BCUT2D eigenvalue weighted by atomic mass is 35.5. The number of nitrogens with zero attached hydrogens (tertiary/aromatic N) is 3. The molecule has 0 bridgehead atoms. The van der Waals surface area contributed by atoms with Crippen molar-refractivity contribution in [2.45, 2.75) is 30.8 Å². The van der Waals surface area contributed by atoms with Gasteiger partial charge in [-0.15, -0.1) is 0 Å². The molecule has 3 rings (SSSR count). The highest BCUT2D eigenvalue weighted by Crippen LogP contribution is 2.30. The molecule has 1 aliphatic rings.